The minimum atomic E-state index is -0.571. The number of amidine groups is 1. The van der Waals surface area contributed by atoms with Crippen molar-refractivity contribution in [2.75, 3.05) is 6.54 Å². The van der Waals surface area contributed by atoms with Crippen LogP contribution in [0, 0.1) is 0 Å². The monoisotopic (exact) mass is 184 g/mol. The van der Waals surface area contributed by atoms with Gasteiger partial charge in [0.15, 0.2) is 0 Å². The molecule has 1 rings (SSSR count). The van der Waals surface area contributed by atoms with Crippen LogP contribution < -0.4 is 11.6 Å². The maximum Gasteiger partial charge on any atom is 0.244 e. The summed E-state index contributed by atoms with van der Waals surface area (Å²) in [6.07, 6.45) is 1.74. The number of carbonyl (C=O) groups is 1. The summed E-state index contributed by atoms with van der Waals surface area (Å²) < 4.78 is 0. The van der Waals surface area contributed by atoms with Crippen molar-refractivity contribution in [1.29, 1.82) is 0 Å². The number of hydrazine groups is 1. The number of nitrogens with two attached hydrogens (primary N) is 2. The van der Waals surface area contributed by atoms with Crippen LogP contribution in [-0.4, -0.2) is 28.8 Å². The molecule has 1 aliphatic rings. The second-order valence-corrected chi connectivity index (χ2v) is 3.67. The molecule has 1 atom stereocenters. The van der Waals surface area contributed by atoms with Crippen molar-refractivity contribution >= 4 is 11.7 Å². The van der Waals surface area contributed by atoms with Crippen LogP contribution in [0.4, 0.5) is 0 Å². The predicted molar refractivity (Wildman–Crippen MR) is 50.8 cm³/mol. The highest BCUT2D eigenvalue weighted by atomic mass is 16.1. The molecular formula is C8H16N4O. The summed E-state index contributed by atoms with van der Waals surface area (Å²) in [5.74, 6) is 5.90. The van der Waals surface area contributed by atoms with Gasteiger partial charge in [0.2, 0.25) is 5.91 Å². The lowest BCUT2D eigenvalue weighted by atomic mass is 9.91. The highest BCUT2D eigenvalue weighted by Gasteiger charge is 2.33. The third-order valence-electron chi connectivity index (χ3n) is 2.14. The number of nitrogens with zero attached hydrogens (tertiary/aromatic N) is 2. The Morgan fingerprint density at radius 3 is 2.77 bits per heavy atom. The van der Waals surface area contributed by atoms with Crippen molar-refractivity contribution in [2.45, 2.75) is 32.2 Å². The molecule has 1 aliphatic heterocycles. The molecule has 1 fully saturated rings. The number of hydrogen-bond donors (Lipinski definition) is 2. The zero-order chi connectivity index (χ0) is 10.1. The Morgan fingerprint density at radius 2 is 2.31 bits per heavy atom. The molecule has 1 saturated heterocycles. The van der Waals surface area contributed by atoms with Crippen molar-refractivity contribution in [3.63, 3.8) is 0 Å². The van der Waals surface area contributed by atoms with Crippen molar-refractivity contribution in [3.8, 4) is 0 Å². The van der Waals surface area contributed by atoms with Crippen LogP contribution in [-0.2, 0) is 4.79 Å². The van der Waals surface area contributed by atoms with E-state index in [1.165, 1.54) is 11.9 Å². The first-order valence-electron chi connectivity index (χ1n) is 4.34. The molecule has 0 aromatic carbocycles. The molecule has 4 N–H and O–H groups in total. The normalized spacial score (nSPS) is 32.3. The van der Waals surface area contributed by atoms with E-state index in [2.05, 4.69) is 4.99 Å². The topological polar surface area (TPSA) is 84.7 Å². The quantitative estimate of drug-likeness (QED) is 0.502. The minimum Gasteiger partial charge on any atom is -0.319 e. The SMILES string of the molecule is CC(=O)N=C1N(N)CCCC1(C)N. The van der Waals surface area contributed by atoms with E-state index in [0.29, 0.717) is 12.4 Å². The van der Waals surface area contributed by atoms with Crippen LogP contribution >= 0.6 is 0 Å². The van der Waals surface area contributed by atoms with Crippen LogP contribution in [0.25, 0.3) is 0 Å². The van der Waals surface area contributed by atoms with Crippen LogP contribution in [0.15, 0.2) is 4.99 Å². The number of carbonyl (C=O) groups excluding carboxylic acids is 1. The molecule has 0 aromatic heterocycles. The molecule has 1 unspecified atom stereocenters. The summed E-state index contributed by atoms with van der Waals surface area (Å²) in [7, 11) is 0. The van der Waals surface area contributed by atoms with Crippen LogP contribution in [0.5, 0.6) is 0 Å². The molecule has 1 amide bonds. The molecule has 0 radical (unpaired) electrons. The zero-order valence-corrected chi connectivity index (χ0v) is 8.08. The zero-order valence-electron chi connectivity index (χ0n) is 8.08. The second kappa shape index (κ2) is 3.43. The molecule has 5 heteroatoms. The van der Waals surface area contributed by atoms with Crippen molar-refractivity contribution in [2.24, 2.45) is 16.6 Å². The van der Waals surface area contributed by atoms with Gasteiger partial charge >= 0.3 is 0 Å². The molecule has 5 nitrogen and oxygen atoms in total. The lowest BCUT2D eigenvalue weighted by molar-refractivity contribution is -0.115. The lowest BCUT2D eigenvalue weighted by Crippen LogP contribution is -2.59. The molecule has 13 heavy (non-hydrogen) atoms. The average molecular weight is 184 g/mol. The van der Waals surface area contributed by atoms with Gasteiger partial charge in [0.05, 0.1) is 5.54 Å². The summed E-state index contributed by atoms with van der Waals surface area (Å²) in [5, 5.41) is 1.46. The van der Waals surface area contributed by atoms with Crippen LogP contribution in [0.1, 0.15) is 26.7 Å². The van der Waals surface area contributed by atoms with Crippen molar-refractivity contribution in [1.82, 2.24) is 5.01 Å². The van der Waals surface area contributed by atoms with Crippen molar-refractivity contribution in [3.05, 3.63) is 0 Å². The molecule has 74 valence electrons. The van der Waals surface area contributed by atoms with Gasteiger partial charge in [0.1, 0.15) is 5.84 Å². The van der Waals surface area contributed by atoms with E-state index in [1.807, 2.05) is 6.92 Å². The van der Waals surface area contributed by atoms with Gasteiger partial charge in [-0.25, -0.2) is 5.84 Å². The number of amides is 1. The number of aliphatic imine (C=N–C) groups is 1. The minimum absolute atomic E-state index is 0.260. The fourth-order valence-electron chi connectivity index (χ4n) is 1.50. The summed E-state index contributed by atoms with van der Waals surface area (Å²) in [4.78, 5) is 14.6. The van der Waals surface area contributed by atoms with Gasteiger partial charge in [0, 0.05) is 13.5 Å². The third kappa shape index (κ3) is 2.26. The molecule has 0 saturated carbocycles. The number of piperidine rings is 1. The molecule has 0 aliphatic carbocycles. The lowest BCUT2D eigenvalue weighted by Gasteiger charge is -2.37. The standard InChI is InChI=1S/C8H16N4O/c1-6(13)11-7-8(2,9)4-3-5-12(7)10/h3-5,9-10H2,1-2H3. The Balaban J connectivity index is 2.93. The molecule has 0 spiro atoms. The van der Waals surface area contributed by atoms with Gasteiger partial charge < -0.3 is 5.73 Å². The first kappa shape index (κ1) is 10.1. The summed E-state index contributed by atoms with van der Waals surface area (Å²) in [6.45, 7) is 3.94. The van der Waals surface area contributed by atoms with E-state index in [9.17, 15) is 4.79 Å². The fraction of sp³-hybridized carbons (Fsp3) is 0.750. The highest BCUT2D eigenvalue weighted by Crippen LogP contribution is 2.18. The van der Waals surface area contributed by atoms with Gasteiger partial charge in [0.25, 0.3) is 0 Å². The first-order valence-corrected chi connectivity index (χ1v) is 4.34. The van der Waals surface area contributed by atoms with Gasteiger partial charge in [-0.1, -0.05) is 0 Å². The van der Waals surface area contributed by atoms with Gasteiger partial charge in [-0.05, 0) is 19.8 Å². The highest BCUT2D eigenvalue weighted by molar-refractivity contribution is 5.99. The van der Waals surface area contributed by atoms with E-state index in [-0.39, 0.29) is 5.91 Å². The second-order valence-electron chi connectivity index (χ2n) is 3.67. The Kier molecular flexibility index (Phi) is 2.68. The number of hydrogen-bond acceptors (Lipinski definition) is 3. The van der Waals surface area contributed by atoms with Gasteiger partial charge in [-0.3, -0.25) is 9.80 Å². The Labute approximate surface area is 77.8 Å². The van der Waals surface area contributed by atoms with Gasteiger partial charge in [-0.15, -0.1) is 0 Å². The smallest absolute Gasteiger partial charge is 0.244 e. The first-order chi connectivity index (χ1) is 5.93. The fourth-order valence-corrected chi connectivity index (χ4v) is 1.50. The molecular weight excluding hydrogens is 168 g/mol. The molecule has 0 aromatic rings. The summed E-state index contributed by atoms with van der Waals surface area (Å²) in [6, 6.07) is 0. The molecule has 1 heterocycles. The Hall–Kier alpha value is -0.940. The Morgan fingerprint density at radius 1 is 1.69 bits per heavy atom. The van der Waals surface area contributed by atoms with E-state index >= 15 is 0 Å². The summed E-state index contributed by atoms with van der Waals surface area (Å²) in [5.41, 5.74) is 5.39. The predicted octanol–water partition coefficient (Wildman–Crippen LogP) is -0.382. The average Bonchev–Trinajstić information content (AvgIpc) is 1.96. The van der Waals surface area contributed by atoms with E-state index in [4.69, 9.17) is 11.6 Å². The van der Waals surface area contributed by atoms with E-state index < -0.39 is 5.54 Å². The van der Waals surface area contributed by atoms with Crippen LogP contribution in [0.3, 0.4) is 0 Å². The van der Waals surface area contributed by atoms with E-state index in [1.54, 1.807) is 0 Å². The third-order valence-corrected chi connectivity index (χ3v) is 2.14. The maximum atomic E-state index is 10.8. The largest absolute Gasteiger partial charge is 0.319 e. The Bertz CT molecular complexity index is 247. The maximum absolute atomic E-state index is 10.8. The summed E-state index contributed by atoms with van der Waals surface area (Å²) >= 11 is 0. The number of rotatable bonds is 0. The van der Waals surface area contributed by atoms with Crippen molar-refractivity contribution < 1.29 is 4.79 Å². The van der Waals surface area contributed by atoms with E-state index in [0.717, 1.165) is 12.8 Å². The molecule has 0 bridgehead atoms. The van der Waals surface area contributed by atoms with Gasteiger partial charge in [-0.2, -0.15) is 4.99 Å². The van der Waals surface area contributed by atoms with Crippen LogP contribution in [0.2, 0.25) is 0 Å².